The lowest BCUT2D eigenvalue weighted by molar-refractivity contribution is 0.224. The van der Waals surface area contributed by atoms with Crippen LogP contribution in [0, 0.1) is 11.8 Å². The Morgan fingerprint density at radius 3 is 2.67 bits per heavy atom. The average Bonchev–Trinajstić information content (AvgIpc) is 2.56. The SMILES string of the molecule is CCC1CCC(C(NC)c2cnc3ccccc3c2)CC1. The van der Waals surface area contributed by atoms with Gasteiger partial charge in [-0.1, -0.05) is 44.4 Å². The molecule has 1 saturated carbocycles. The van der Waals surface area contributed by atoms with Crippen LogP contribution in [0.2, 0.25) is 0 Å². The van der Waals surface area contributed by atoms with Gasteiger partial charge < -0.3 is 5.32 Å². The van der Waals surface area contributed by atoms with E-state index in [-0.39, 0.29) is 0 Å². The molecule has 2 nitrogen and oxygen atoms in total. The Hall–Kier alpha value is -1.41. The predicted octanol–water partition coefficient (Wildman–Crippen LogP) is 4.71. The Bertz CT molecular complexity index is 585. The number of nitrogens with zero attached hydrogens (tertiary/aromatic N) is 1. The first-order valence-electron chi connectivity index (χ1n) is 8.33. The van der Waals surface area contributed by atoms with Crippen molar-refractivity contribution < 1.29 is 0 Å². The highest BCUT2D eigenvalue weighted by Crippen LogP contribution is 2.38. The van der Waals surface area contributed by atoms with E-state index in [2.05, 4.69) is 60.8 Å². The summed E-state index contributed by atoms with van der Waals surface area (Å²) < 4.78 is 0. The number of rotatable bonds is 4. The lowest BCUT2D eigenvalue weighted by atomic mass is 9.76. The molecule has 2 heteroatoms. The second kappa shape index (κ2) is 6.57. The van der Waals surface area contributed by atoms with Crippen LogP contribution in [0.1, 0.15) is 50.6 Å². The number of aromatic nitrogens is 1. The van der Waals surface area contributed by atoms with Crippen molar-refractivity contribution in [3.63, 3.8) is 0 Å². The highest BCUT2D eigenvalue weighted by atomic mass is 14.9. The normalized spacial score (nSPS) is 24.1. The largest absolute Gasteiger partial charge is 0.313 e. The minimum absolute atomic E-state index is 0.444. The summed E-state index contributed by atoms with van der Waals surface area (Å²) in [5.41, 5.74) is 2.43. The zero-order valence-corrected chi connectivity index (χ0v) is 13.2. The second-order valence-corrected chi connectivity index (χ2v) is 6.42. The van der Waals surface area contributed by atoms with Crippen LogP contribution in [0.4, 0.5) is 0 Å². The Balaban J connectivity index is 1.81. The fraction of sp³-hybridized carbons (Fsp3) is 0.526. The molecule has 0 amide bonds. The summed E-state index contributed by atoms with van der Waals surface area (Å²) in [4.78, 5) is 4.64. The molecule has 112 valence electrons. The van der Waals surface area contributed by atoms with Gasteiger partial charge >= 0.3 is 0 Å². The third-order valence-electron chi connectivity index (χ3n) is 5.22. The molecule has 0 bridgehead atoms. The number of para-hydroxylation sites is 1. The van der Waals surface area contributed by atoms with Crippen molar-refractivity contribution in [3.05, 3.63) is 42.1 Å². The topological polar surface area (TPSA) is 24.9 Å². The molecule has 2 aromatic rings. The molecule has 1 N–H and O–H groups in total. The minimum Gasteiger partial charge on any atom is -0.313 e. The summed E-state index contributed by atoms with van der Waals surface area (Å²) in [5.74, 6) is 1.70. The van der Waals surface area contributed by atoms with Crippen LogP contribution in [0.15, 0.2) is 36.5 Å². The number of hydrogen-bond acceptors (Lipinski definition) is 2. The van der Waals surface area contributed by atoms with Gasteiger partial charge in [-0.15, -0.1) is 0 Å². The first-order valence-corrected chi connectivity index (χ1v) is 8.33. The Labute approximate surface area is 128 Å². The minimum atomic E-state index is 0.444. The lowest BCUT2D eigenvalue weighted by Crippen LogP contribution is -2.28. The Kier molecular flexibility index (Phi) is 4.54. The smallest absolute Gasteiger partial charge is 0.0702 e. The Morgan fingerprint density at radius 1 is 1.19 bits per heavy atom. The van der Waals surface area contributed by atoms with E-state index in [1.807, 2.05) is 0 Å². The van der Waals surface area contributed by atoms with Gasteiger partial charge in [0.2, 0.25) is 0 Å². The van der Waals surface area contributed by atoms with E-state index in [0.717, 1.165) is 17.4 Å². The van der Waals surface area contributed by atoms with E-state index >= 15 is 0 Å². The summed E-state index contributed by atoms with van der Waals surface area (Å²) in [5, 5.41) is 4.79. The van der Waals surface area contributed by atoms with Crippen molar-refractivity contribution in [2.45, 2.75) is 45.1 Å². The maximum atomic E-state index is 4.64. The van der Waals surface area contributed by atoms with Crippen molar-refractivity contribution >= 4 is 10.9 Å². The van der Waals surface area contributed by atoms with Crippen molar-refractivity contribution in [1.29, 1.82) is 0 Å². The van der Waals surface area contributed by atoms with Gasteiger partial charge in [-0.25, -0.2) is 0 Å². The van der Waals surface area contributed by atoms with Gasteiger partial charge in [0.1, 0.15) is 0 Å². The van der Waals surface area contributed by atoms with Crippen molar-refractivity contribution in [2.24, 2.45) is 11.8 Å². The zero-order chi connectivity index (χ0) is 14.7. The quantitative estimate of drug-likeness (QED) is 0.878. The Morgan fingerprint density at radius 2 is 1.95 bits per heavy atom. The van der Waals surface area contributed by atoms with Gasteiger partial charge in [0, 0.05) is 17.6 Å². The second-order valence-electron chi connectivity index (χ2n) is 6.42. The maximum absolute atomic E-state index is 4.64. The molecule has 3 rings (SSSR count). The molecule has 1 heterocycles. The third-order valence-corrected chi connectivity index (χ3v) is 5.22. The molecule has 1 fully saturated rings. The number of hydrogen-bond donors (Lipinski definition) is 1. The van der Waals surface area contributed by atoms with Gasteiger partial charge in [-0.05, 0) is 49.4 Å². The summed E-state index contributed by atoms with van der Waals surface area (Å²) in [6.45, 7) is 2.33. The summed E-state index contributed by atoms with van der Waals surface area (Å²) >= 11 is 0. The van der Waals surface area contributed by atoms with Gasteiger partial charge in [0.05, 0.1) is 5.52 Å². The number of pyridine rings is 1. The first kappa shape index (κ1) is 14.5. The van der Waals surface area contributed by atoms with E-state index in [4.69, 9.17) is 0 Å². The van der Waals surface area contributed by atoms with Gasteiger partial charge in [0.25, 0.3) is 0 Å². The summed E-state index contributed by atoms with van der Waals surface area (Å²) in [6, 6.07) is 11.1. The molecule has 1 aromatic heterocycles. The molecular weight excluding hydrogens is 256 g/mol. The van der Waals surface area contributed by atoms with Crippen LogP contribution in [-0.2, 0) is 0 Å². The molecule has 21 heavy (non-hydrogen) atoms. The number of benzene rings is 1. The fourth-order valence-electron chi connectivity index (χ4n) is 3.86. The van der Waals surface area contributed by atoms with Crippen LogP contribution < -0.4 is 5.32 Å². The van der Waals surface area contributed by atoms with Crippen LogP contribution in [0.3, 0.4) is 0 Å². The molecule has 1 aromatic carbocycles. The van der Waals surface area contributed by atoms with E-state index in [1.165, 1.54) is 43.1 Å². The van der Waals surface area contributed by atoms with Crippen LogP contribution in [0.25, 0.3) is 10.9 Å². The van der Waals surface area contributed by atoms with E-state index in [1.54, 1.807) is 0 Å². The van der Waals surface area contributed by atoms with Crippen molar-refractivity contribution in [1.82, 2.24) is 10.3 Å². The van der Waals surface area contributed by atoms with E-state index in [9.17, 15) is 0 Å². The zero-order valence-electron chi connectivity index (χ0n) is 13.2. The number of nitrogens with one attached hydrogen (secondary N) is 1. The summed E-state index contributed by atoms with van der Waals surface area (Å²) in [6.07, 6.45) is 8.87. The van der Waals surface area contributed by atoms with E-state index < -0.39 is 0 Å². The summed E-state index contributed by atoms with van der Waals surface area (Å²) in [7, 11) is 2.09. The molecule has 0 spiro atoms. The maximum Gasteiger partial charge on any atom is 0.0702 e. The molecule has 0 saturated heterocycles. The lowest BCUT2D eigenvalue weighted by Gasteiger charge is -2.33. The highest BCUT2D eigenvalue weighted by molar-refractivity contribution is 5.78. The molecule has 0 aliphatic heterocycles. The molecule has 1 aliphatic rings. The van der Waals surface area contributed by atoms with Gasteiger partial charge in [-0.3, -0.25) is 4.98 Å². The van der Waals surface area contributed by atoms with Crippen molar-refractivity contribution in [3.8, 4) is 0 Å². The van der Waals surface area contributed by atoms with Crippen LogP contribution >= 0.6 is 0 Å². The molecule has 1 aliphatic carbocycles. The monoisotopic (exact) mass is 282 g/mol. The van der Waals surface area contributed by atoms with Crippen LogP contribution in [-0.4, -0.2) is 12.0 Å². The third kappa shape index (κ3) is 3.11. The van der Waals surface area contributed by atoms with Gasteiger partial charge in [-0.2, -0.15) is 0 Å². The highest BCUT2D eigenvalue weighted by Gasteiger charge is 2.27. The fourth-order valence-corrected chi connectivity index (χ4v) is 3.86. The molecular formula is C19H26N2. The number of fused-ring (bicyclic) bond motifs is 1. The first-order chi connectivity index (χ1) is 10.3. The molecule has 1 atom stereocenters. The van der Waals surface area contributed by atoms with Crippen molar-refractivity contribution in [2.75, 3.05) is 7.05 Å². The molecule has 0 radical (unpaired) electrons. The standard InChI is InChI=1S/C19H26N2/c1-3-14-8-10-15(11-9-14)19(20-2)17-12-16-6-4-5-7-18(16)21-13-17/h4-7,12-15,19-20H,3,8-11H2,1-2H3. The average molecular weight is 282 g/mol. The predicted molar refractivity (Wildman–Crippen MR) is 89.3 cm³/mol. The van der Waals surface area contributed by atoms with Crippen LogP contribution in [0.5, 0.6) is 0 Å². The van der Waals surface area contributed by atoms with E-state index in [0.29, 0.717) is 6.04 Å². The molecule has 1 unspecified atom stereocenters. The van der Waals surface area contributed by atoms with Gasteiger partial charge in [0.15, 0.2) is 0 Å².